The molecule has 18 heavy (non-hydrogen) atoms. The molecule has 1 atom stereocenters. The molecule has 1 aliphatic heterocycles. The van der Waals surface area contributed by atoms with Crippen molar-refractivity contribution in [2.45, 2.75) is 18.8 Å². The number of nitrogens with one attached hydrogen (secondary N) is 1. The molecule has 0 radical (unpaired) electrons. The molecule has 0 spiro atoms. The van der Waals surface area contributed by atoms with Crippen LogP contribution in [0.15, 0.2) is 24.3 Å². The highest BCUT2D eigenvalue weighted by Gasteiger charge is 2.29. The first kappa shape index (κ1) is 12.4. The molecular formula is C13H15NO4. The van der Waals surface area contributed by atoms with Crippen molar-refractivity contribution in [1.82, 2.24) is 5.32 Å². The maximum atomic E-state index is 11.9. The standard InChI is InChI=1S/C13H15NO4/c15-12(16)6-3-7-14-13(17)10-8-18-11-5-2-1-4-9(10)11/h1-2,4-5,10H,3,6-8H2,(H,14,17)(H,15,16). The SMILES string of the molecule is O=C(O)CCCNC(=O)C1COc2ccccc21. The lowest BCUT2D eigenvalue weighted by Crippen LogP contribution is -2.31. The minimum Gasteiger partial charge on any atom is -0.492 e. The van der Waals surface area contributed by atoms with Crippen LogP contribution in [0, 0.1) is 0 Å². The van der Waals surface area contributed by atoms with Gasteiger partial charge in [0.15, 0.2) is 0 Å². The van der Waals surface area contributed by atoms with Crippen molar-refractivity contribution in [2.24, 2.45) is 0 Å². The van der Waals surface area contributed by atoms with Crippen LogP contribution >= 0.6 is 0 Å². The van der Waals surface area contributed by atoms with Gasteiger partial charge < -0.3 is 15.2 Å². The second-order valence-corrected chi connectivity index (χ2v) is 4.19. The highest BCUT2D eigenvalue weighted by atomic mass is 16.5. The van der Waals surface area contributed by atoms with Crippen LogP contribution in [0.3, 0.4) is 0 Å². The third-order valence-electron chi connectivity index (χ3n) is 2.88. The molecule has 0 saturated carbocycles. The van der Waals surface area contributed by atoms with Gasteiger partial charge in [-0.15, -0.1) is 0 Å². The Balaban J connectivity index is 1.86. The average molecular weight is 249 g/mol. The van der Waals surface area contributed by atoms with Crippen LogP contribution < -0.4 is 10.1 Å². The van der Waals surface area contributed by atoms with Crippen LogP contribution in [-0.2, 0) is 9.59 Å². The number of carbonyl (C=O) groups excluding carboxylic acids is 1. The number of benzene rings is 1. The van der Waals surface area contributed by atoms with Gasteiger partial charge in [0.05, 0.1) is 0 Å². The molecule has 1 unspecified atom stereocenters. The Hall–Kier alpha value is -2.04. The first-order valence-corrected chi connectivity index (χ1v) is 5.89. The summed E-state index contributed by atoms with van der Waals surface area (Å²) in [6.07, 6.45) is 0.508. The van der Waals surface area contributed by atoms with Crippen LogP contribution in [-0.4, -0.2) is 30.1 Å². The molecule has 0 fully saturated rings. The van der Waals surface area contributed by atoms with Gasteiger partial charge in [0.25, 0.3) is 0 Å². The van der Waals surface area contributed by atoms with E-state index in [1.807, 2.05) is 24.3 Å². The van der Waals surface area contributed by atoms with Crippen LogP contribution in [0.25, 0.3) is 0 Å². The van der Waals surface area contributed by atoms with E-state index in [9.17, 15) is 9.59 Å². The van der Waals surface area contributed by atoms with E-state index in [4.69, 9.17) is 9.84 Å². The monoisotopic (exact) mass is 249 g/mol. The molecule has 1 aliphatic rings. The smallest absolute Gasteiger partial charge is 0.303 e. The first-order valence-electron chi connectivity index (χ1n) is 5.89. The topological polar surface area (TPSA) is 75.6 Å². The zero-order valence-electron chi connectivity index (χ0n) is 9.89. The van der Waals surface area contributed by atoms with E-state index in [1.165, 1.54) is 0 Å². The molecule has 0 aliphatic carbocycles. The van der Waals surface area contributed by atoms with Gasteiger partial charge in [-0.2, -0.15) is 0 Å². The number of rotatable bonds is 5. The van der Waals surface area contributed by atoms with Gasteiger partial charge >= 0.3 is 5.97 Å². The molecule has 1 aromatic rings. The normalized spacial score (nSPS) is 16.8. The second kappa shape index (κ2) is 5.53. The maximum Gasteiger partial charge on any atom is 0.303 e. The quantitative estimate of drug-likeness (QED) is 0.767. The Kier molecular flexibility index (Phi) is 3.82. The number of amides is 1. The number of carbonyl (C=O) groups is 2. The average Bonchev–Trinajstić information content (AvgIpc) is 2.78. The van der Waals surface area contributed by atoms with Crippen molar-refractivity contribution in [3.63, 3.8) is 0 Å². The second-order valence-electron chi connectivity index (χ2n) is 4.19. The van der Waals surface area contributed by atoms with Crippen molar-refractivity contribution in [3.05, 3.63) is 29.8 Å². The van der Waals surface area contributed by atoms with Crippen LogP contribution in [0.4, 0.5) is 0 Å². The summed E-state index contributed by atoms with van der Waals surface area (Å²) in [4.78, 5) is 22.2. The fourth-order valence-corrected chi connectivity index (χ4v) is 1.95. The number of aliphatic carboxylic acids is 1. The molecule has 0 saturated heterocycles. The Bertz CT molecular complexity index is 458. The summed E-state index contributed by atoms with van der Waals surface area (Å²) < 4.78 is 5.42. The van der Waals surface area contributed by atoms with Gasteiger partial charge in [-0.25, -0.2) is 0 Å². The number of ether oxygens (including phenoxy) is 1. The van der Waals surface area contributed by atoms with Crippen LogP contribution in [0.5, 0.6) is 5.75 Å². The van der Waals surface area contributed by atoms with Crippen LogP contribution in [0.1, 0.15) is 24.3 Å². The summed E-state index contributed by atoms with van der Waals surface area (Å²) in [6.45, 7) is 0.730. The van der Waals surface area contributed by atoms with Crippen molar-refractivity contribution in [2.75, 3.05) is 13.2 Å². The summed E-state index contributed by atoms with van der Waals surface area (Å²) in [5, 5.41) is 11.2. The zero-order valence-corrected chi connectivity index (χ0v) is 9.89. The molecule has 5 nitrogen and oxygen atoms in total. The lowest BCUT2D eigenvalue weighted by molar-refractivity contribution is -0.137. The summed E-state index contributed by atoms with van der Waals surface area (Å²) in [7, 11) is 0. The zero-order chi connectivity index (χ0) is 13.0. The maximum absolute atomic E-state index is 11.9. The van der Waals surface area contributed by atoms with Crippen molar-refractivity contribution >= 4 is 11.9 Å². The van der Waals surface area contributed by atoms with E-state index in [0.29, 0.717) is 19.6 Å². The highest BCUT2D eigenvalue weighted by molar-refractivity contribution is 5.85. The van der Waals surface area contributed by atoms with Gasteiger partial charge in [0.1, 0.15) is 18.3 Å². The Morgan fingerprint density at radius 3 is 2.94 bits per heavy atom. The number of hydrogen-bond acceptors (Lipinski definition) is 3. The third-order valence-corrected chi connectivity index (χ3v) is 2.88. The highest BCUT2D eigenvalue weighted by Crippen LogP contribution is 2.33. The van der Waals surface area contributed by atoms with E-state index < -0.39 is 5.97 Å². The minimum absolute atomic E-state index is 0.0675. The first-order chi connectivity index (χ1) is 8.68. The van der Waals surface area contributed by atoms with Crippen molar-refractivity contribution < 1.29 is 19.4 Å². The summed E-state index contributed by atoms with van der Waals surface area (Å²) in [6, 6.07) is 7.46. The summed E-state index contributed by atoms with van der Waals surface area (Å²) >= 11 is 0. The number of carboxylic acids is 1. The predicted octanol–water partition coefficient (Wildman–Crippen LogP) is 1.14. The van der Waals surface area contributed by atoms with Crippen LogP contribution in [0.2, 0.25) is 0 Å². The molecule has 2 rings (SSSR count). The van der Waals surface area contributed by atoms with E-state index >= 15 is 0 Å². The van der Waals surface area contributed by atoms with E-state index in [1.54, 1.807) is 0 Å². The fourth-order valence-electron chi connectivity index (χ4n) is 1.95. The largest absolute Gasteiger partial charge is 0.492 e. The number of fused-ring (bicyclic) bond motifs is 1. The molecule has 1 aromatic carbocycles. The van der Waals surface area contributed by atoms with Gasteiger partial charge in [-0.1, -0.05) is 18.2 Å². The number of para-hydroxylation sites is 1. The fraction of sp³-hybridized carbons (Fsp3) is 0.385. The molecule has 1 heterocycles. The Morgan fingerprint density at radius 2 is 2.17 bits per heavy atom. The third kappa shape index (κ3) is 2.80. The molecule has 1 amide bonds. The molecule has 0 aromatic heterocycles. The van der Waals surface area contributed by atoms with E-state index in [2.05, 4.69) is 5.32 Å². The van der Waals surface area contributed by atoms with Gasteiger partial charge in [0.2, 0.25) is 5.91 Å². The van der Waals surface area contributed by atoms with Gasteiger partial charge in [0, 0.05) is 18.5 Å². The minimum atomic E-state index is -0.848. The van der Waals surface area contributed by atoms with E-state index in [-0.39, 0.29) is 18.2 Å². The van der Waals surface area contributed by atoms with Gasteiger partial charge in [-0.3, -0.25) is 9.59 Å². The molecular weight excluding hydrogens is 234 g/mol. The lowest BCUT2D eigenvalue weighted by atomic mass is 10.0. The van der Waals surface area contributed by atoms with E-state index in [0.717, 1.165) is 11.3 Å². The molecule has 5 heteroatoms. The van der Waals surface area contributed by atoms with Gasteiger partial charge in [-0.05, 0) is 12.5 Å². The number of carboxylic acid groups (broad SMARTS) is 1. The summed E-state index contributed by atoms with van der Waals surface area (Å²) in [5.74, 6) is -0.488. The molecule has 2 N–H and O–H groups in total. The van der Waals surface area contributed by atoms with Crippen molar-refractivity contribution in [3.8, 4) is 5.75 Å². The Morgan fingerprint density at radius 1 is 1.39 bits per heavy atom. The summed E-state index contributed by atoms with van der Waals surface area (Å²) in [5.41, 5.74) is 0.897. The number of hydrogen-bond donors (Lipinski definition) is 2. The predicted molar refractivity (Wildman–Crippen MR) is 64.6 cm³/mol. The van der Waals surface area contributed by atoms with Crippen molar-refractivity contribution in [1.29, 1.82) is 0 Å². The lowest BCUT2D eigenvalue weighted by Gasteiger charge is -2.09. The Labute approximate surface area is 105 Å². The molecule has 96 valence electrons. The molecule has 0 bridgehead atoms.